The van der Waals surface area contributed by atoms with Gasteiger partial charge in [0.2, 0.25) is 0 Å². The fourth-order valence-corrected chi connectivity index (χ4v) is 0.0186. The summed E-state index contributed by atoms with van der Waals surface area (Å²) in [4.78, 5) is 18.0. The number of nitrogens with zero attached hydrogens (tertiary/aromatic N) is 1. The number of carbonyl (C=O) groups excluding carboxylic acids is 2. The molecule has 0 aromatic heterocycles. The van der Waals surface area contributed by atoms with Gasteiger partial charge < -0.3 is 19.9 Å². The minimum absolute atomic E-state index is 0. The van der Waals surface area contributed by atoms with Crippen LogP contribution in [0.25, 0.3) is 0 Å². The molecule has 0 aromatic carbocycles. The summed E-state index contributed by atoms with van der Waals surface area (Å²) < 4.78 is 0. The van der Waals surface area contributed by atoms with Crippen molar-refractivity contribution in [1.29, 1.82) is 0 Å². The molecule has 0 saturated carbocycles. The summed E-state index contributed by atoms with van der Waals surface area (Å²) in [5.41, 5.74) is 0. The molecule has 5 heteroatoms. The Morgan fingerprint density at radius 1 is 1.29 bits per heavy atom. The Labute approximate surface area is 65.3 Å². The third-order valence-corrected chi connectivity index (χ3v) is 0.173. The molecule has 0 fully saturated rings. The van der Waals surface area contributed by atoms with Gasteiger partial charge in [0, 0.05) is 32.7 Å². The first-order valence-electron chi connectivity index (χ1n) is 1.06. The molecule has 0 aliphatic heterocycles. The quantitative estimate of drug-likeness (QED) is 0.249. The number of hydroxylamine groups is 2. The van der Waals surface area contributed by atoms with E-state index < -0.39 is 0 Å². The van der Waals surface area contributed by atoms with Crippen molar-refractivity contribution < 1.29 is 47.5 Å². The molecule has 7 heavy (non-hydrogen) atoms. The maximum absolute atomic E-state index is 9.02. The van der Waals surface area contributed by atoms with Crippen LogP contribution in [0.4, 0.5) is 0 Å². The fraction of sp³-hybridized carbons (Fsp3) is 0. The Bertz CT molecular complexity index is 58.0. The van der Waals surface area contributed by atoms with Gasteiger partial charge in [-0.2, -0.15) is 12.8 Å². The minimum Gasteiger partial charge on any atom is -0.520 e. The maximum Gasteiger partial charge on any atom is 0 e. The van der Waals surface area contributed by atoms with Gasteiger partial charge in [-0.3, -0.25) is 0 Å². The molecule has 37 valence electrons. The zero-order valence-corrected chi connectivity index (χ0v) is 6.13. The van der Waals surface area contributed by atoms with Crippen LogP contribution in [0.2, 0.25) is 0 Å². The van der Waals surface area contributed by atoms with Crippen LogP contribution in [-0.2, 0) is 42.3 Å². The van der Waals surface area contributed by atoms with Crippen molar-refractivity contribution in [2.45, 2.75) is 0 Å². The molecule has 1 radical (unpaired) electrons. The molecule has 0 saturated heterocycles. The molecule has 0 spiro atoms. The van der Waals surface area contributed by atoms with E-state index in [0.29, 0.717) is 0 Å². The van der Waals surface area contributed by atoms with E-state index in [9.17, 15) is 0 Å². The number of amides is 2. The van der Waals surface area contributed by atoms with Gasteiger partial charge >= 0.3 is 0 Å². The second-order valence-corrected chi connectivity index (χ2v) is 0.494. The van der Waals surface area contributed by atoms with Crippen LogP contribution in [0.1, 0.15) is 0 Å². The molecule has 0 atom stereocenters. The Hall–Kier alpha value is 0.204. The van der Waals surface area contributed by atoms with Crippen molar-refractivity contribution in [2.75, 3.05) is 0 Å². The van der Waals surface area contributed by atoms with Crippen LogP contribution >= 0.6 is 0 Å². The molecule has 0 aromatic rings. The molecule has 2 amide bonds. The SMILES string of the molecule is O=[C-]N(O)[C-]=O.[Y]. The molecule has 4 nitrogen and oxygen atoms in total. The first kappa shape index (κ1) is 10.2. The normalized spacial score (nSPS) is 5.86. The molecule has 0 aliphatic carbocycles. The van der Waals surface area contributed by atoms with E-state index in [0.717, 1.165) is 12.8 Å². The number of hydrogen-bond donors (Lipinski definition) is 1. The summed E-state index contributed by atoms with van der Waals surface area (Å²) in [7, 11) is 0. The first-order chi connectivity index (χ1) is 2.81. The van der Waals surface area contributed by atoms with Gasteiger partial charge in [0.15, 0.2) is 0 Å². The van der Waals surface area contributed by atoms with Crippen LogP contribution in [0, 0.1) is 0 Å². The first-order valence-corrected chi connectivity index (χ1v) is 1.06. The van der Waals surface area contributed by atoms with Gasteiger partial charge in [-0.25, -0.2) is 0 Å². The van der Waals surface area contributed by atoms with Crippen molar-refractivity contribution in [1.82, 2.24) is 5.06 Å². The fourth-order valence-electron chi connectivity index (χ4n) is 0.0186. The van der Waals surface area contributed by atoms with Gasteiger partial charge in [0.1, 0.15) is 0 Å². The number of hydrogen-bond acceptors (Lipinski definition) is 3. The predicted molar refractivity (Wildman–Crippen MR) is 15.0 cm³/mol. The second kappa shape index (κ2) is 6.20. The van der Waals surface area contributed by atoms with Crippen molar-refractivity contribution in [3.63, 3.8) is 0 Å². The summed E-state index contributed by atoms with van der Waals surface area (Å²) in [5, 5.41) is 7.29. The maximum atomic E-state index is 9.02. The molecule has 0 heterocycles. The second-order valence-electron chi connectivity index (χ2n) is 0.494. The van der Waals surface area contributed by atoms with E-state index in [4.69, 9.17) is 14.8 Å². The zero-order valence-electron chi connectivity index (χ0n) is 3.29. The van der Waals surface area contributed by atoms with Gasteiger partial charge in [0.05, 0.1) is 0 Å². The van der Waals surface area contributed by atoms with Crippen LogP contribution < -0.4 is 0 Å². The molecule has 0 rings (SSSR count). The molecular formula is C2HNO3Y-2. The molecule has 0 aliphatic rings. The molecule has 0 bridgehead atoms. The van der Waals surface area contributed by atoms with Gasteiger partial charge in [-0.05, 0) is 0 Å². The average molecular weight is 176 g/mol. The smallest absolute Gasteiger partial charge is 0 e. The summed E-state index contributed by atoms with van der Waals surface area (Å²) in [5.74, 6) is 0. The molecule has 0 unspecified atom stereocenters. The summed E-state index contributed by atoms with van der Waals surface area (Å²) in [6, 6.07) is 0. The van der Waals surface area contributed by atoms with E-state index in [-0.39, 0.29) is 37.8 Å². The topological polar surface area (TPSA) is 57.6 Å². The molecule has 1 N–H and O–H groups in total. The van der Waals surface area contributed by atoms with Crippen LogP contribution in [0.5, 0.6) is 0 Å². The van der Waals surface area contributed by atoms with E-state index in [1.807, 2.05) is 0 Å². The Kier molecular flexibility index (Phi) is 9.07. The van der Waals surface area contributed by atoms with Crippen LogP contribution in [0.15, 0.2) is 0 Å². The number of rotatable bonds is 2. The molecular weight excluding hydrogens is 175 g/mol. The summed E-state index contributed by atoms with van der Waals surface area (Å²) >= 11 is 0. The van der Waals surface area contributed by atoms with E-state index >= 15 is 0 Å². The van der Waals surface area contributed by atoms with Crippen LogP contribution in [0.3, 0.4) is 0 Å². The average Bonchev–Trinajstić information content (AvgIpc) is 1.65. The van der Waals surface area contributed by atoms with Gasteiger partial charge in [0.25, 0.3) is 0 Å². The summed E-state index contributed by atoms with van der Waals surface area (Å²) in [6.07, 6.45) is 1.66. The Morgan fingerprint density at radius 2 is 1.57 bits per heavy atom. The van der Waals surface area contributed by atoms with Crippen molar-refractivity contribution in [3.05, 3.63) is 0 Å². The van der Waals surface area contributed by atoms with E-state index in [1.165, 1.54) is 0 Å². The third-order valence-electron chi connectivity index (χ3n) is 0.173. The van der Waals surface area contributed by atoms with Crippen molar-refractivity contribution >= 4 is 12.8 Å². The largest absolute Gasteiger partial charge is 0.520 e. The Balaban J connectivity index is 0. The van der Waals surface area contributed by atoms with E-state index in [1.54, 1.807) is 0 Å². The van der Waals surface area contributed by atoms with E-state index in [2.05, 4.69) is 0 Å². The van der Waals surface area contributed by atoms with Crippen LogP contribution in [-0.4, -0.2) is 23.1 Å². The standard InChI is InChI=1S/C2HNO3.Y/c4-1-3(6)2-5;/h6H;/q-2;. The van der Waals surface area contributed by atoms with Gasteiger partial charge in [-0.15, -0.1) is 0 Å². The number of imide groups is 1. The summed E-state index contributed by atoms with van der Waals surface area (Å²) in [6.45, 7) is 0. The zero-order chi connectivity index (χ0) is 4.99. The minimum atomic E-state index is -0.361. The van der Waals surface area contributed by atoms with Crippen molar-refractivity contribution in [2.24, 2.45) is 0 Å². The third kappa shape index (κ3) is 6.20. The van der Waals surface area contributed by atoms with Crippen molar-refractivity contribution in [3.8, 4) is 0 Å². The Morgan fingerprint density at radius 3 is 1.57 bits per heavy atom. The monoisotopic (exact) mass is 176 g/mol. The predicted octanol–water partition coefficient (Wildman–Crippen LogP) is -1.19. The van der Waals surface area contributed by atoms with Gasteiger partial charge in [-0.1, -0.05) is 0 Å².